The van der Waals surface area contributed by atoms with Crippen LogP contribution in [0.3, 0.4) is 0 Å². The maximum atomic E-state index is 13.3. The summed E-state index contributed by atoms with van der Waals surface area (Å²) < 4.78 is 43.5. The lowest BCUT2D eigenvalue weighted by Gasteiger charge is -2.34. The average Bonchev–Trinajstić information content (AvgIpc) is 1.83. The van der Waals surface area contributed by atoms with Crippen LogP contribution in [-0.4, -0.2) is 23.8 Å². The fraction of sp³-hybridized carbons (Fsp3) is 1.00. The standard InChI is InChI=1S/C9H17F3O/c1-6(10)8(3,4)13-9(5,12)7(2)11/h6-7H,1-5H3. The number of hydrogen-bond donors (Lipinski definition) is 0. The number of halogens is 3. The number of hydrogen-bond acceptors (Lipinski definition) is 1. The second kappa shape index (κ2) is 3.86. The van der Waals surface area contributed by atoms with Crippen LogP contribution >= 0.6 is 0 Å². The lowest BCUT2D eigenvalue weighted by atomic mass is 10.0. The fourth-order valence-corrected chi connectivity index (χ4v) is 0.677. The fourth-order valence-electron chi connectivity index (χ4n) is 0.677. The minimum absolute atomic E-state index is 0.960. The maximum Gasteiger partial charge on any atom is 0.238 e. The molecule has 3 unspecified atom stereocenters. The summed E-state index contributed by atoms with van der Waals surface area (Å²) in [5.41, 5.74) is -1.32. The Morgan fingerprint density at radius 1 is 1.00 bits per heavy atom. The van der Waals surface area contributed by atoms with Crippen molar-refractivity contribution in [1.82, 2.24) is 0 Å². The van der Waals surface area contributed by atoms with Gasteiger partial charge in [0, 0.05) is 0 Å². The molecule has 0 aliphatic rings. The van der Waals surface area contributed by atoms with Crippen LogP contribution in [-0.2, 0) is 4.74 Å². The molecule has 0 rings (SSSR count). The van der Waals surface area contributed by atoms with Crippen LogP contribution in [0.5, 0.6) is 0 Å². The Hall–Kier alpha value is -0.250. The predicted octanol–water partition coefficient (Wildman–Crippen LogP) is 3.18. The molecule has 0 aromatic carbocycles. The van der Waals surface area contributed by atoms with Crippen LogP contribution in [0.15, 0.2) is 0 Å². The zero-order valence-corrected chi connectivity index (χ0v) is 8.70. The Morgan fingerprint density at radius 2 is 1.38 bits per heavy atom. The first-order valence-corrected chi connectivity index (χ1v) is 4.27. The molecule has 0 saturated heterocycles. The van der Waals surface area contributed by atoms with Crippen LogP contribution in [0, 0.1) is 0 Å². The third kappa shape index (κ3) is 3.55. The van der Waals surface area contributed by atoms with Crippen LogP contribution in [0.4, 0.5) is 13.2 Å². The van der Waals surface area contributed by atoms with E-state index >= 15 is 0 Å². The number of ether oxygens (including phenoxy) is 1. The van der Waals surface area contributed by atoms with Crippen molar-refractivity contribution in [1.29, 1.82) is 0 Å². The molecule has 0 amide bonds. The van der Waals surface area contributed by atoms with Crippen molar-refractivity contribution < 1.29 is 17.9 Å². The summed E-state index contributed by atoms with van der Waals surface area (Å²) in [6.45, 7) is 6.02. The van der Waals surface area contributed by atoms with Gasteiger partial charge in [0.25, 0.3) is 0 Å². The van der Waals surface area contributed by atoms with Gasteiger partial charge in [-0.05, 0) is 34.6 Å². The topological polar surface area (TPSA) is 9.23 Å². The van der Waals surface area contributed by atoms with Crippen molar-refractivity contribution in [3.05, 3.63) is 0 Å². The van der Waals surface area contributed by atoms with E-state index < -0.39 is 23.8 Å². The first-order chi connectivity index (χ1) is 5.59. The third-order valence-corrected chi connectivity index (χ3v) is 2.13. The van der Waals surface area contributed by atoms with Gasteiger partial charge in [-0.3, -0.25) is 0 Å². The second-order valence-corrected chi connectivity index (χ2v) is 3.92. The van der Waals surface area contributed by atoms with Crippen molar-refractivity contribution in [2.24, 2.45) is 0 Å². The molecule has 0 N–H and O–H groups in total. The van der Waals surface area contributed by atoms with Crippen LogP contribution in [0.1, 0.15) is 34.6 Å². The van der Waals surface area contributed by atoms with E-state index in [0.717, 1.165) is 13.8 Å². The molecule has 0 saturated carbocycles. The molecule has 0 aromatic heterocycles. The van der Waals surface area contributed by atoms with Crippen molar-refractivity contribution in [2.45, 2.75) is 58.4 Å². The molecule has 0 bridgehead atoms. The average molecular weight is 198 g/mol. The zero-order chi connectivity index (χ0) is 10.9. The van der Waals surface area contributed by atoms with Crippen LogP contribution in [0.2, 0.25) is 0 Å². The molecule has 0 aliphatic carbocycles. The molecule has 3 atom stereocenters. The molecule has 0 fully saturated rings. The summed E-state index contributed by atoms with van der Waals surface area (Å²) >= 11 is 0. The highest BCUT2D eigenvalue weighted by molar-refractivity contribution is 4.81. The molecule has 80 valence electrons. The Bertz CT molecular complexity index is 146. The quantitative estimate of drug-likeness (QED) is 0.674. The van der Waals surface area contributed by atoms with Gasteiger partial charge in [0.15, 0.2) is 6.17 Å². The van der Waals surface area contributed by atoms with Gasteiger partial charge in [0.05, 0.1) is 5.60 Å². The number of alkyl halides is 3. The van der Waals surface area contributed by atoms with Gasteiger partial charge in [0.2, 0.25) is 5.85 Å². The van der Waals surface area contributed by atoms with Crippen molar-refractivity contribution in [3.8, 4) is 0 Å². The van der Waals surface area contributed by atoms with Gasteiger partial charge in [-0.15, -0.1) is 0 Å². The summed E-state index contributed by atoms with van der Waals surface area (Å²) in [7, 11) is 0. The van der Waals surface area contributed by atoms with Gasteiger partial charge in [-0.25, -0.2) is 13.2 Å². The summed E-state index contributed by atoms with van der Waals surface area (Å²) in [5, 5.41) is 0. The first kappa shape index (κ1) is 12.8. The Kier molecular flexibility index (Phi) is 3.79. The molecule has 13 heavy (non-hydrogen) atoms. The van der Waals surface area contributed by atoms with E-state index in [1.807, 2.05) is 0 Å². The smallest absolute Gasteiger partial charge is 0.238 e. The van der Waals surface area contributed by atoms with E-state index in [-0.39, 0.29) is 0 Å². The van der Waals surface area contributed by atoms with E-state index in [1.54, 1.807) is 0 Å². The Balaban J connectivity index is 4.42. The zero-order valence-electron chi connectivity index (χ0n) is 8.70. The minimum atomic E-state index is -2.44. The highest BCUT2D eigenvalue weighted by Crippen LogP contribution is 2.29. The second-order valence-electron chi connectivity index (χ2n) is 3.92. The minimum Gasteiger partial charge on any atom is -0.335 e. The van der Waals surface area contributed by atoms with Gasteiger partial charge in [-0.2, -0.15) is 0 Å². The summed E-state index contributed by atoms with van der Waals surface area (Å²) in [4.78, 5) is 0. The van der Waals surface area contributed by atoms with Gasteiger partial charge < -0.3 is 4.74 Å². The molecule has 4 heteroatoms. The van der Waals surface area contributed by atoms with Crippen molar-refractivity contribution in [2.75, 3.05) is 0 Å². The van der Waals surface area contributed by atoms with Crippen LogP contribution < -0.4 is 0 Å². The molecule has 0 aromatic rings. The molecule has 0 heterocycles. The predicted molar refractivity (Wildman–Crippen MR) is 45.8 cm³/mol. The van der Waals surface area contributed by atoms with E-state index in [4.69, 9.17) is 4.74 Å². The van der Waals surface area contributed by atoms with Gasteiger partial charge in [0.1, 0.15) is 6.17 Å². The highest BCUT2D eigenvalue weighted by Gasteiger charge is 2.41. The van der Waals surface area contributed by atoms with Gasteiger partial charge >= 0.3 is 0 Å². The van der Waals surface area contributed by atoms with E-state index in [2.05, 4.69) is 0 Å². The van der Waals surface area contributed by atoms with E-state index in [1.165, 1.54) is 20.8 Å². The Labute approximate surface area is 77.3 Å². The van der Waals surface area contributed by atoms with Crippen molar-refractivity contribution >= 4 is 0 Å². The SMILES string of the molecule is CC(F)C(C)(C)OC(C)(F)C(C)F. The monoisotopic (exact) mass is 198 g/mol. The van der Waals surface area contributed by atoms with Gasteiger partial charge in [-0.1, -0.05) is 0 Å². The highest BCUT2D eigenvalue weighted by atomic mass is 19.2. The molecule has 1 nitrogen and oxygen atoms in total. The first-order valence-electron chi connectivity index (χ1n) is 4.27. The molecule has 0 radical (unpaired) electrons. The third-order valence-electron chi connectivity index (χ3n) is 2.13. The summed E-state index contributed by atoms with van der Waals surface area (Å²) in [6.07, 6.45) is -3.15. The van der Waals surface area contributed by atoms with Crippen molar-refractivity contribution in [3.63, 3.8) is 0 Å². The summed E-state index contributed by atoms with van der Waals surface area (Å²) in [6, 6.07) is 0. The molecular formula is C9H17F3O. The summed E-state index contributed by atoms with van der Waals surface area (Å²) in [5.74, 6) is -2.44. The molecule has 0 aliphatic heterocycles. The normalized spacial score (nSPS) is 22.2. The maximum absolute atomic E-state index is 13.3. The van der Waals surface area contributed by atoms with E-state index in [0.29, 0.717) is 0 Å². The molecule has 0 spiro atoms. The largest absolute Gasteiger partial charge is 0.335 e. The van der Waals surface area contributed by atoms with Crippen LogP contribution in [0.25, 0.3) is 0 Å². The lowest BCUT2D eigenvalue weighted by molar-refractivity contribution is -0.244. The number of rotatable bonds is 4. The Morgan fingerprint density at radius 3 is 1.62 bits per heavy atom. The lowest BCUT2D eigenvalue weighted by Crippen LogP contribution is -2.45. The van der Waals surface area contributed by atoms with E-state index in [9.17, 15) is 13.2 Å². The molecular weight excluding hydrogens is 181 g/mol.